The van der Waals surface area contributed by atoms with Crippen LogP contribution in [0.2, 0.25) is 0 Å². The summed E-state index contributed by atoms with van der Waals surface area (Å²) in [4.78, 5) is 12.0. The smallest absolute Gasteiger partial charge is 0.251 e. The van der Waals surface area contributed by atoms with Crippen LogP contribution < -0.4 is 5.32 Å². The summed E-state index contributed by atoms with van der Waals surface area (Å²) in [5.41, 5.74) is 1.60. The Morgan fingerprint density at radius 2 is 2.12 bits per heavy atom. The lowest BCUT2D eigenvalue weighted by Crippen LogP contribution is -2.38. The standard InChI is InChI=1S/C13H18BrNO2/c1-8-6-11(14)4-5-12(8)13(17)15-10(3)9(2)7-16/h4-6,9-10,16H,7H2,1-3H3,(H,15,17). The lowest BCUT2D eigenvalue weighted by Gasteiger charge is -2.19. The fourth-order valence-corrected chi connectivity index (χ4v) is 1.94. The third kappa shape index (κ3) is 3.82. The first kappa shape index (κ1) is 14.2. The van der Waals surface area contributed by atoms with E-state index in [9.17, 15) is 4.79 Å². The summed E-state index contributed by atoms with van der Waals surface area (Å²) in [5.74, 6) is -0.0440. The van der Waals surface area contributed by atoms with Crippen LogP contribution in [0.3, 0.4) is 0 Å². The van der Waals surface area contributed by atoms with E-state index in [2.05, 4.69) is 21.2 Å². The molecule has 0 heterocycles. The van der Waals surface area contributed by atoms with E-state index in [0.29, 0.717) is 5.56 Å². The van der Waals surface area contributed by atoms with Crippen LogP contribution in [0.5, 0.6) is 0 Å². The van der Waals surface area contributed by atoms with Crippen molar-refractivity contribution < 1.29 is 9.90 Å². The average molecular weight is 300 g/mol. The zero-order valence-electron chi connectivity index (χ0n) is 10.3. The lowest BCUT2D eigenvalue weighted by molar-refractivity contribution is 0.0915. The summed E-state index contributed by atoms with van der Waals surface area (Å²) in [6, 6.07) is 5.51. The quantitative estimate of drug-likeness (QED) is 0.897. The number of amides is 1. The van der Waals surface area contributed by atoms with E-state index in [1.54, 1.807) is 6.07 Å². The van der Waals surface area contributed by atoms with Crippen molar-refractivity contribution in [1.29, 1.82) is 0 Å². The van der Waals surface area contributed by atoms with Gasteiger partial charge in [-0.25, -0.2) is 0 Å². The maximum absolute atomic E-state index is 12.0. The van der Waals surface area contributed by atoms with Gasteiger partial charge in [0, 0.05) is 22.7 Å². The van der Waals surface area contributed by atoms with E-state index in [1.165, 1.54) is 0 Å². The van der Waals surface area contributed by atoms with Gasteiger partial charge in [0.05, 0.1) is 0 Å². The molecule has 1 amide bonds. The van der Waals surface area contributed by atoms with Gasteiger partial charge in [0.15, 0.2) is 0 Å². The third-order valence-corrected chi connectivity index (χ3v) is 3.43. The number of rotatable bonds is 4. The van der Waals surface area contributed by atoms with Crippen molar-refractivity contribution in [3.63, 3.8) is 0 Å². The average Bonchev–Trinajstić information content (AvgIpc) is 2.27. The Bertz CT molecular complexity index is 406. The van der Waals surface area contributed by atoms with Crippen LogP contribution in [0.25, 0.3) is 0 Å². The van der Waals surface area contributed by atoms with Gasteiger partial charge in [-0.1, -0.05) is 22.9 Å². The molecule has 2 atom stereocenters. The van der Waals surface area contributed by atoms with Crippen molar-refractivity contribution in [1.82, 2.24) is 5.32 Å². The van der Waals surface area contributed by atoms with Gasteiger partial charge in [0.1, 0.15) is 0 Å². The topological polar surface area (TPSA) is 49.3 Å². The SMILES string of the molecule is Cc1cc(Br)ccc1C(=O)NC(C)C(C)CO. The van der Waals surface area contributed by atoms with E-state index >= 15 is 0 Å². The highest BCUT2D eigenvalue weighted by molar-refractivity contribution is 9.10. The Kier molecular flexibility index (Phi) is 5.15. The van der Waals surface area contributed by atoms with Crippen LogP contribution in [-0.2, 0) is 0 Å². The number of benzene rings is 1. The number of carbonyl (C=O) groups excluding carboxylic acids is 1. The van der Waals surface area contributed by atoms with Crippen molar-refractivity contribution in [2.24, 2.45) is 5.92 Å². The van der Waals surface area contributed by atoms with Crippen molar-refractivity contribution >= 4 is 21.8 Å². The van der Waals surface area contributed by atoms with Gasteiger partial charge in [0.2, 0.25) is 0 Å². The van der Waals surface area contributed by atoms with Crippen LogP contribution in [-0.4, -0.2) is 23.7 Å². The second-order valence-electron chi connectivity index (χ2n) is 4.38. The molecule has 1 aromatic rings. The van der Waals surface area contributed by atoms with Crippen LogP contribution >= 0.6 is 15.9 Å². The van der Waals surface area contributed by atoms with E-state index in [0.717, 1.165) is 10.0 Å². The van der Waals surface area contributed by atoms with Gasteiger partial charge in [-0.05, 0) is 43.5 Å². The fraction of sp³-hybridized carbons (Fsp3) is 0.462. The number of aliphatic hydroxyl groups excluding tert-OH is 1. The molecule has 94 valence electrons. The molecule has 2 unspecified atom stereocenters. The monoisotopic (exact) mass is 299 g/mol. The predicted molar refractivity (Wildman–Crippen MR) is 72.1 cm³/mol. The first-order chi connectivity index (χ1) is 7.95. The largest absolute Gasteiger partial charge is 0.396 e. The molecule has 0 spiro atoms. The molecule has 1 rings (SSSR count). The van der Waals surface area contributed by atoms with Gasteiger partial charge < -0.3 is 10.4 Å². The second-order valence-corrected chi connectivity index (χ2v) is 5.30. The lowest BCUT2D eigenvalue weighted by atomic mass is 10.0. The molecule has 17 heavy (non-hydrogen) atoms. The predicted octanol–water partition coefficient (Wildman–Crippen LogP) is 2.50. The summed E-state index contributed by atoms with van der Waals surface area (Å²) in [5, 5.41) is 11.9. The number of hydrogen-bond acceptors (Lipinski definition) is 2. The molecule has 2 N–H and O–H groups in total. The Morgan fingerprint density at radius 3 is 2.65 bits per heavy atom. The number of aliphatic hydroxyl groups is 1. The van der Waals surface area contributed by atoms with E-state index in [1.807, 2.05) is 32.9 Å². The number of aryl methyl sites for hydroxylation is 1. The highest BCUT2D eigenvalue weighted by Crippen LogP contribution is 2.16. The number of hydrogen-bond donors (Lipinski definition) is 2. The Morgan fingerprint density at radius 1 is 1.47 bits per heavy atom. The van der Waals surface area contributed by atoms with Crippen LogP contribution in [0.15, 0.2) is 22.7 Å². The second kappa shape index (κ2) is 6.17. The Balaban J connectivity index is 2.76. The molecule has 4 heteroatoms. The fourth-order valence-electron chi connectivity index (χ4n) is 1.47. The molecular formula is C13H18BrNO2. The minimum absolute atomic E-state index is 0.0458. The molecule has 0 saturated heterocycles. The first-order valence-corrected chi connectivity index (χ1v) is 6.43. The summed E-state index contributed by atoms with van der Waals surface area (Å²) < 4.78 is 0.961. The summed E-state index contributed by atoms with van der Waals surface area (Å²) >= 11 is 3.37. The Labute approximate surface area is 110 Å². The van der Waals surface area contributed by atoms with E-state index < -0.39 is 0 Å². The maximum atomic E-state index is 12.0. The van der Waals surface area contributed by atoms with Crippen molar-refractivity contribution in [2.45, 2.75) is 26.8 Å². The molecule has 0 radical (unpaired) electrons. The molecule has 3 nitrogen and oxygen atoms in total. The van der Waals surface area contributed by atoms with Gasteiger partial charge in [0.25, 0.3) is 5.91 Å². The molecule has 0 saturated carbocycles. The van der Waals surface area contributed by atoms with E-state index in [-0.39, 0.29) is 24.5 Å². The van der Waals surface area contributed by atoms with Crippen LogP contribution in [0.4, 0.5) is 0 Å². The summed E-state index contributed by atoms with van der Waals surface area (Å²) in [7, 11) is 0. The number of carbonyl (C=O) groups is 1. The molecule has 0 aliphatic heterocycles. The highest BCUT2D eigenvalue weighted by atomic mass is 79.9. The number of halogens is 1. The summed E-state index contributed by atoms with van der Waals surface area (Å²) in [6.07, 6.45) is 0. The van der Waals surface area contributed by atoms with Gasteiger partial charge in [-0.2, -0.15) is 0 Å². The van der Waals surface area contributed by atoms with Crippen molar-refractivity contribution in [2.75, 3.05) is 6.61 Å². The minimum atomic E-state index is -0.0946. The molecular weight excluding hydrogens is 282 g/mol. The molecule has 0 aliphatic rings. The van der Waals surface area contributed by atoms with Crippen LogP contribution in [0, 0.1) is 12.8 Å². The molecule has 0 aromatic heterocycles. The maximum Gasteiger partial charge on any atom is 0.251 e. The van der Waals surface area contributed by atoms with E-state index in [4.69, 9.17) is 5.11 Å². The number of nitrogens with one attached hydrogen (secondary N) is 1. The molecule has 0 fully saturated rings. The molecule has 1 aromatic carbocycles. The Hall–Kier alpha value is -0.870. The van der Waals surface area contributed by atoms with Crippen LogP contribution in [0.1, 0.15) is 29.8 Å². The molecule has 0 bridgehead atoms. The minimum Gasteiger partial charge on any atom is -0.396 e. The first-order valence-electron chi connectivity index (χ1n) is 5.63. The third-order valence-electron chi connectivity index (χ3n) is 2.93. The van der Waals surface area contributed by atoms with Gasteiger partial charge >= 0.3 is 0 Å². The summed E-state index contributed by atoms with van der Waals surface area (Å²) in [6.45, 7) is 5.77. The van der Waals surface area contributed by atoms with Crippen molar-refractivity contribution in [3.05, 3.63) is 33.8 Å². The van der Waals surface area contributed by atoms with Crippen molar-refractivity contribution in [3.8, 4) is 0 Å². The zero-order valence-corrected chi connectivity index (χ0v) is 11.9. The van der Waals surface area contributed by atoms with Gasteiger partial charge in [-0.3, -0.25) is 4.79 Å². The highest BCUT2D eigenvalue weighted by Gasteiger charge is 2.16. The molecule has 0 aliphatic carbocycles. The van der Waals surface area contributed by atoms with Gasteiger partial charge in [-0.15, -0.1) is 0 Å². The normalized spacial score (nSPS) is 14.2. The zero-order chi connectivity index (χ0) is 13.0.